The number of amides is 2. The second-order valence-corrected chi connectivity index (χ2v) is 7.35. The number of aromatic nitrogens is 3. The third-order valence-electron chi connectivity index (χ3n) is 5.29. The summed E-state index contributed by atoms with van der Waals surface area (Å²) in [5.74, 6) is 2.34. The maximum Gasteiger partial charge on any atom is 0.322 e. The lowest BCUT2D eigenvalue weighted by atomic mass is 10.0. The molecule has 2 aliphatic rings. The number of nitrogens with zero attached hydrogens (tertiary/aromatic N) is 4. The Morgan fingerprint density at radius 3 is 2.93 bits per heavy atom. The summed E-state index contributed by atoms with van der Waals surface area (Å²) < 4.78 is 7.78. The predicted molar refractivity (Wildman–Crippen MR) is 103 cm³/mol. The van der Waals surface area contributed by atoms with E-state index < -0.39 is 0 Å². The van der Waals surface area contributed by atoms with Crippen molar-refractivity contribution < 1.29 is 9.53 Å². The number of piperidine rings is 1. The fourth-order valence-corrected chi connectivity index (χ4v) is 3.72. The Labute approximate surface area is 159 Å². The predicted octanol–water partition coefficient (Wildman–Crippen LogP) is 3.85. The van der Waals surface area contributed by atoms with Crippen molar-refractivity contribution >= 4 is 11.7 Å². The van der Waals surface area contributed by atoms with Crippen molar-refractivity contribution in [3.8, 4) is 5.75 Å². The molecule has 2 amide bonds. The van der Waals surface area contributed by atoms with Gasteiger partial charge in [-0.1, -0.05) is 12.1 Å². The van der Waals surface area contributed by atoms with E-state index in [-0.39, 0.29) is 12.1 Å². The Bertz CT molecular complexity index is 786. The largest absolute Gasteiger partial charge is 0.492 e. The first kappa shape index (κ1) is 17.8. The van der Waals surface area contributed by atoms with Crippen LogP contribution in [0.3, 0.4) is 0 Å². The van der Waals surface area contributed by atoms with Crippen LogP contribution in [0, 0.1) is 5.92 Å². The summed E-state index contributed by atoms with van der Waals surface area (Å²) in [6, 6.07) is 7.42. The summed E-state index contributed by atoms with van der Waals surface area (Å²) in [5.41, 5.74) is 0.702. The third kappa shape index (κ3) is 4.07. The first-order valence-corrected chi connectivity index (χ1v) is 9.93. The van der Waals surface area contributed by atoms with E-state index in [0.29, 0.717) is 18.0 Å². The minimum atomic E-state index is -0.104. The minimum Gasteiger partial charge on any atom is -0.492 e. The van der Waals surface area contributed by atoms with Crippen LogP contribution in [0.5, 0.6) is 5.75 Å². The monoisotopic (exact) mass is 369 g/mol. The van der Waals surface area contributed by atoms with Crippen LogP contribution >= 0.6 is 0 Å². The SMILES string of the molecule is CCOc1ccccc1NC(=O)N1CCCCC1c1nncn1CC1CC1. The standard InChI is InChI=1S/C20H27N5O2/c1-2-27-18-9-4-3-7-16(18)22-20(26)25-12-6-5-8-17(25)19-23-21-14-24(19)13-15-10-11-15/h3-4,7,9,14-15,17H,2,5-6,8,10-13H2,1H3,(H,22,26). The van der Waals surface area contributed by atoms with E-state index in [0.717, 1.165) is 44.1 Å². The van der Waals surface area contributed by atoms with Crippen molar-refractivity contribution in [2.75, 3.05) is 18.5 Å². The van der Waals surface area contributed by atoms with Crippen LogP contribution in [0.2, 0.25) is 0 Å². The molecule has 4 rings (SSSR count). The summed E-state index contributed by atoms with van der Waals surface area (Å²) in [6.07, 6.45) is 7.39. The van der Waals surface area contributed by atoms with E-state index >= 15 is 0 Å². The molecule has 7 heteroatoms. The van der Waals surface area contributed by atoms with E-state index in [1.165, 1.54) is 12.8 Å². The van der Waals surface area contributed by atoms with Gasteiger partial charge in [0, 0.05) is 13.1 Å². The molecule has 1 saturated carbocycles. The van der Waals surface area contributed by atoms with Gasteiger partial charge in [0.25, 0.3) is 0 Å². The van der Waals surface area contributed by atoms with Crippen molar-refractivity contribution in [2.24, 2.45) is 5.92 Å². The number of carbonyl (C=O) groups is 1. The van der Waals surface area contributed by atoms with Gasteiger partial charge in [0.15, 0.2) is 5.82 Å². The Kier molecular flexibility index (Phi) is 5.27. The average molecular weight is 369 g/mol. The average Bonchev–Trinajstić information content (AvgIpc) is 3.39. The zero-order valence-electron chi connectivity index (χ0n) is 15.8. The fourth-order valence-electron chi connectivity index (χ4n) is 3.72. The summed E-state index contributed by atoms with van der Waals surface area (Å²) in [4.78, 5) is 15.0. The lowest BCUT2D eigenvalue weighted by molar-refractivity contribution is 0.156. The number of nitrogens with one attached hydrogen (secondary N) is 1. The molecule has 1 N–H and O–H groups in total. The molecule has 1 atom stereocenters. The van der Waals surface area contributed by atoms with Gasteiger partial charge in [-0.05, 0) is 57.1 Å². The van der Waals surface area contributed by atoms with Crippen LogP contribution in [-0.4, -0.2) is 38.8 Å². The second kappa shape index (κ2) is 7.98. The van der Waals surface area contributed by atoms with Crippen LogP contribution in [0.1, 0.15) is 50.9 Å². The molecule has 1 aliphatic heterocycles. The lowest BCUT2D eigenvalue weighted by Gasteiger charge is -2.35. The Morgan fingerprint density at radius 1 is 1.26 bits per heavy atom. The highest BCUT2D eigenvalue weighted by molar-refractivity contribution is 5.91. The maximum absolute atomic E-state index is 13.1. The van der Waals surface area contributed by atoms with Crippen LogP contribution in [0.15, 0.2) is 30.6 Å². The molecule has 1 unspecified atom stereocenters. The van der Waals surface area contributed by atoms with E-state index in [9.17, 15) is 4.79 Å². The van der Waals surface area contributed by atoms with Gasteiger partial charge < -0.3 is 19.5 Å². The number of carbonyl (C=O) groups excluding carboxylic acids is 1. The molecule has 144 valence electrons. The van der Waals surface area contributed by atoms with Gasteiger partial charge in [-0.25, -0.2) is 4.79 Å². The molecule has 2 aromatic rings. The normalized spacial score (nSPS) is 19.7. The van der Waals surface area contributed by atoms with Crippen molar-refractivity contribution in [3.63, 3.8) is 0 Å². The molecule has 1 saturated heterocycles. The summed E-state index contributed by atoms with van der Waals surface area (Å²) in [6.45, 7) is 4.18. The van der Waals surface area contributed by atoms with Crippen LogP contribution in [-0.2, 0) is 6.54 Å². The molecule has 2 fully saturated rings. The number of para-hydroxylation sites is 2. The number of anilines is 1. The van der Waals surface area contributed by atoms with Crippen molar-refractivity contribution in [1.29, 1.82) is 0 Å². The van der Waals surface area contributed by atoms with Gasteiger partial charge in [0.1, 0.15) is 12.1 Å². The molecular weight excluding hydrogens is 342 g/mol. The molecule has 7 nitrogen and oxygen atoms in total. The third-order valence-corrected chi connectivity index (χ3v) is 5.29. The summed E-state index contributed by atoms with van der Waals surface area (Å²) >= 11 is 0. The molecular formula is C20H27N5O2. The smallest absolute Gasteiger partial charge is 0.322 e. The Balaban J connectivity index is 1.52. The number of likely N-dealkylation sites (tertiary alicyclic amines) is 1. The molecule has 0 bridgehead atoms. The highest BCUT2D eigenvalue weighted by Crippen LogP contribution is 2.34. The van der Waals surface area contributed by atoms with E-state index in [2.05, 4.69) is 20.1 Å². The lowest BCUT2D eigenvalue weighted by Crippen LogP contribution is -2.42. The van der Waals surface area contributed by atoms with Gasteiger partial charge in [-0.3, -0.25) is 0 Å². The first-order valence-electron chi connectivity index (χ1n) is 9.93. The number of hydrogen-bond donors (Lipinski definition) is 1. The van der Waals surface area contributed by atoms with Gasteiger partial charge in [-0.2, -0.15) is 0 Å². The van der Waals surface area contributed by atoms with E-state index in [1.807, 2.05) is 42.4 Å². The van der Waals surface area contributed by atoms with E-state index in [1.54, 1.807) is 0 Å². The second-order valence-electron chi connectivity index (χ2n) is 7.35. The molecule has 0 spiro atoms. The van der Waals surface area contributed by atoms with Crippen LogP contribution in [0.25, 0.3) is 0 Å². The molecule has 1 aliphatic carbocycles. The van der Waals surface area contributed by atoms with Crippen LogP contribution in [0.4, 0.5) is 10.5 Å². The fraction of sp³-hybridized carbons (Fsp3) is 0.550. The number of rotatable bonds is 6. The quantitative estimate of drug-likeness (QED) is 0.839. The Morgan fingerprint density at radius 2 is 2.11 bits per heavy atom. The van der Waals surface area contributed by atoms with Crippen molar-refractivity contribution in [2.45, 2.75) is 51.6 Å². The highest BCUT2D eigenvalue weighted by Gasteiger charge is 2.33. The summed E-state index contributed by atoms with van der Waals surface area (Å²) in [5, 5.41) is 11.5. The zero-order valence-corrected chi connectivity index (χ0v) is 15.8. The van der Waals surface area contributed by atoms with Crippen molar-refractivity contribution in [1.82, 2.24) is 19.7 Å². The number of urea groups is 1. The molecule has 27 heavy (non-hydrogen) atoms. The molecule has 0 radical (unpaired) electrons. The van der Waals surface area contributed by atoms with Crippen molar-refractivity contribution in [3.05, 3.63) is 36.4 Å². The summed E-state index contributed by atoms with van der Waals surface area (Å²) in [7, 11) is 0. The first-order chi connectivity index (χ1) is 13.3. The van der Waals surface area contributed by atoms with Gasteiger partial charge >= 0.3 is 6.03 Å². The number of ether oxygens (including phenoxy) is 1. The highest BCUT2D eigenvalue weighted by atomic mass is 16.5. The number of benzene rings is 1. The Hall–Kier alpha value is -2.57. The molecule has 1 aromatic heterocycles. The van der Waals surface area contributed by atoms with Crippen LogP contribution < -0.4 is 10.1 Å². The van der Waals surface area contributed by atoms with Gasteiger partial charge in [0.05, 0.1) is 18.3 Å². The topological polar surface area (TPSA) is 72.3 Å². The molecule has 2 heterocycles. The molecule has 1 aromatic carbocycles. The zero-order chi connectivity index (χ0) is 18.6. The number of hydrogen-bond acceptors (Lipinski definition) is 4. The van der Waals surface area contributed by atoms with Gasteiger partial charge in [-0.15, -0.1) is 10.2 Å². The van der Waals surface area contributed by atoms with Gasteiger partial charge in [0.2, 0.25) is 0 Å². The van der Waals surface area contributed by atoms with E-state index in [4.69, 9.17) is 4.74 Å². The minimum absolute atomic E-state index is 0.0285. The maximum atomic E-state index is 13.1.